The second kappa shape index (κ2) is 10.8. The monoisotopic (exact) mass is 480 g/mol. The molecule has 5 heteroatoms. The van der Waals surface area contributed by atoms with E-state index in [9.17, 15) is 0 Å². The van der Waals surface area contributed by atoms with Crippen LogP contribution in [-0.4, -0.2) is 37.7 Å². The fraction of sp³-hybridized carbons (Fsp3) is 0.308. The van der Waals surface area contributed by atoms with Crippen molar-refractivity contribution in [3.05, 3.63) is 94.0 Å². The van der Waals surface area contributed by atoms with Crippen LogP contribution >= 0.6 is 15.9 Å². The van der Waals surface area contributed by atoms with Crippen molar-refractivity contribution in [2.75, 3.05) is 32.8 Å². The summed E-state index contributed by atoms with van der Waals surface area (Å²) in [6.07, 6.45) is 0. The molecular weight excluding hydrogens is 452 g/mol. The Morgan fingerprint density at radius 2 is 1.58 bits per heavy atom. The standard InChI is InChI=1S/C26H29BrN2O2/c1-2-30-25-18-22(10-13-24(25)31-19-20-6-4-3-5-7-20)26(29-16-14-28-15-17-29)21-8-11-23(27)12-9-21/h3-13,18,26,28H,2,14-17,19H2,1H3. The molecule has 1 aliphatic heterocycles. The molecule has 1 aliphatic rings. The van der Waals surface area contributed by atoms with Gasteiger partial charge in [-0.3, -0.25) is 4.90 Å². The molecule has 0 radical (unpaired) electrons. The van der Waals surface area contributed by atoms with E-state index in [1.165, 1.54) is 11.1 Å². The molecule has 162 valence electrons. The first-order chi connectivity index (χ1) is 15.2. The molecule has 4 rings (SSSR count). The van der Waals surface area contributed by atoms with Gasteiger partial charge in [0.15, 0.2) is 11.5 Å². The first-order valence-electron chi connectivity index (χ1n) is 10.9. The van der Waals surface area contributed by atoms with Crippen LogP contribution < -0.4 is 14.8 Å². The Morgan fingerprint density at radius 3 is 2.29 bits per heavy atom. The van der Waals surface area contributed by atoms with Crippen LogP contribution in [0.15, 0.2) is 77.3 Å². The SMILES string of the molecule is CCOc1cc(C(c2ccc(Br)cc2)N2CCNCC2)ccc1OCc1ccccc1. The lowest BCUT2D eigenvalue weighted by atomic mass is 9.96. The van der Waals surface area contributed by atoms with Crippen LogP contribution in [0, 0.1) is 0 Å². The molecule has 0 spiro atoms. The molecule has 31 heavy (non-hydrogen) atoms. The van der Waals surface area contributed by atoms with Gasteiger partial charge < -0.3 is 14.8 Å². The first kappa shape index (κ1) is 21.9. The van der Waals surface area contributed by atoms with Crippen molar-refractivity contribution in [3.63, 3.8) is 0 Å². The second-order valence-electron chi connectivity index (χ2n) is 7.65. The van der Waals surface area contributed by atoms with Crippen molar-refractivity contribution < 1.29 is 9.47 Å². The minimum absolute atomic E-state index is 0.178. The number of piperazine rings is 1. The van der Waals surface area contributed by atoms with Gasteiger partial charge in [-0.1, -0.05) is 64.5 Å². The van der Waals surface area contributed by atoms with E-state index in [4.69, 9.17) is 9.47 Å². The summed E-state index contributed by atoms with van der Waals surface area (Å²) in [4.78, 5) is 2.54. The maximum Gasteiger partial charge on any atom is 0.161 e. The molecule has 0 aliphatic carbocycles. The number of nitrogens with zero attached hydrogens (tertiary/aromatic N) is 1. The lowest BCUT2D eigenvalue weighted by Crippen LogP contribution is -2.45. The minimum atomic E-state index is 0.178. The van der Waals surface area contributed by atoms with Crippen molar-refractivity contribution in [1.82, 2.24) is 10.2 Å². The number of nitrogens with one attached hydrogen (secondary N) is 1. The zero-order chi connectivity index (χ0) is 21.5. The number of benzene rings is 3. The highest BCUT2D eigenvalue weighted by Crippen LogP contribution is 2.36. The lowest BCUT2D eigenvalue weighted by molar-refractivity contribution is 0.197. The van der Waals surface area contributed by atoms with E-state index in [1.54, 1.807) is 0 Å². The minimum Gasteiger partial charge on any atom is -0.490 e. The first-order valence-corrected chi connectivity index (χ1v) is 11.7. The highest BCUT2D eigenvalue weighted by molar-refractivity contribution is 9.10. The molecule has 1 saturated heterocycles. The van der Waals surface area contributed by atoms with E-state index >= 15 is 0 Å². The summed E-state index contributed by atoms with van der Waals surface area (Å²) in [6.45, 7) is 7.16. The summed E-state index contributed by atoms with van der Waals surface area (Å²) < 4.78 is 13.2. The molecule has 1 atom stereocenters. The van der Waals surface area contributed by atoms with Gasteiger partial charge in [0.1, 0.15) is 6.61 Å². The predicted octanol–water partition coefficient (Wildman–Crippen LogP) is 5.42. The van der Waals surface area contributed by atoms with E-state index in [1.807, 2.05) is 25.1 Å². The van der Waals surface area contributed by atoms with Crippen LogP contribution in [0.25, 0.3) is 0 Å². The van der Waals surface area contributed by atoms with Gasteiger partial charge in [-0.15, -0.1) is 0 Å². The maximum absolute atomic E-state index is 6.12. The fourth-order valence-electron chi connectivity index (χ4n) is 4.02. The van der Waals surface area contributed by atoms with Crippen molar-refractivity contribution in [2.24, 2.45) is 0 Å². The van der Waals surface area contributed by atoms with E-state index in [2.05, 4.69) is 80.7 Å². The van der Waals surface area contributed by atoms with Crippen molar-refractivity contribution in [3.8, 4) is 11.5 Å². The number of hydrogen-bond acceptors (Lipinski definition) is 4. The van der Waals surface area contributed by atoms with Gasteiger partial charge in [-0.25, -0.2) is 0 Å². The van der Waals surface area contributed by atoms with Crippen molar-refractivity contribution in [1.29, 1.82) is 0 Å². The normalized spacial score (nSPS) is 15.4. The van der Waals surface area contributed by atoms with E-state index in [0.29, 0.717) is 13.2 Å². The van der Waals surface area contributed by atoms with Gasteiger partial charge in [0.25, 0.3) is 0 Å². The molecule has 3 aromatic carbocycles. The Bertz CT molecular complexity index is 957. The molecule has 1 heterocycles. The third-order valence-electron chi connectivity index (χ3n) is 5.52. The zero-order valence-electron chi connectivity index (χ0n) is 17.9. The zero-order valence-corrected chi connectivity index (χ0v) is 19.5. The summed E-state index contributed by atoms with van der Waals surface area (Å²) >= 11 is 3.56. The van der Waals surface area contributed by atoms with Crippen LogP contribution in [0.4, 0.5) is 0 Å². The Balaban J connectivity index is 1.64. The molecule has 3 aromatic rings. The van der Waals surface area contributed by atoms with Crippen LogP contribution in [0.3, 0.4) is 0 Å². The van der Waals surface area contributed by atoms with Gasteiger partial charge in [0, 0.05) is 30.7 Å². The number of ether oxygens (including phenoxy) is 2. The van der Waals surface area contributed by atoms with Gasteiger partial charge in [0.05, 0.1) is 12.6 Å². The highest BCUT2D eigenvalue weighted by atomic mass is 79.9. The third kappa shape index (κ3) is 5.67. The number of halogens is 1. The van der Waals surface area contributed by atoms with Gasteiger partial charge in [-0.2, -0.15) is 0 Å². The molecule has 1 unspecified atom stereocenters. The van der Waals surface area contributed by atoms with Gasteiger partial charge >= 0.3 is 0 Å². The highest BCUT2D eigenvalue weighted by Gasteiger charge is 2.25. The molecule has 0 bridgehead atoms. The largest absolute Gasteiger partial charge is 0.490 e. The quantitative estimate of drug-likeness (QED) is 0.466. The Kier molecular flexibility index (Phi) is 7.62. The van der Waals surface area contributed by atoms with Crippen LogP contribution in [0.2, 0.25) is 0 Å². The molecule has 0 aromatic heterocycles. The summed E-state index contributed by atoms with van der Waals surface area (Å²) in [6, 6.07) is 25.4. The smallest absolute Gasteiger partial charge is 0.161 e. The molecule has 1 fully saturated rings. The molecule has 4 nitrogen and oxygen atoms in total. The topological polar surface area (TPSA) is 33.7 Å². The van der Waals surface area contributed by atoms with Gasteiger partial charge in [0.2, 0.25) is 0 Å². The van der Waals surface area contributed by atoms with Crippen molar-refractivity contribution >= 4 is 15.9 Å². The third-order valence-corrected chi connectivity index (χ3v) is 6.05. The van der Waals surface area contributed by atoms with Gasteiger partial charge in [-0.05, 0) is 47.9 Å². The lowest BCUT2D eigenvalue weighted by Gasteiger charge is -2.36. The second-order valence-corrected chi connectivity index (χ2v) is 8.57. The predicted molar refractivity (Wildman–Crippen MR) is 129 cm³/mol. The fourth-order valence-corrected chi connectivity index (χ4v) is 4.28. The van der Waals surface area contributed by atoms with Crippen molar-refractivity contribution in [2.45, 2.75) is 19.6 Å². The van der Waals surface area contributed by atoms with Crippen LogP contribution in [0.5, 0.6) is 11.5 Å². The number of rotatable bonds is 8. The Hall–Kier alpha value is -2.34. The Labute approximate surface area is 193 Å². The Morgan fingerprint density at radius 1 is 0.871 bits per heavy atom. The summed E-state index contributed by atoms with van der Waals surface area (Å²) in [5, 5.41) is 3.46. The average molecular weight is 481 g/mol. The van der Waals surface area contributed by atoms with Crippen LogP contribution in [-0.2, 0) is 6.61 Å². The maximum atomic E-state index is 6.12. The summed E-state index contributed by atoms with van der Waals surface area (Å²) in [5.74, 6) is 1.58. The van der Waals surface area contributed by atoms with E-state index in [-0.39, 0.29) is 6.04 Å². The molecule has 0 saturated carbocycles. The summed E-state index contributed by atoms with van der Waals surface area (Å²) in [5.41, 5.74) is 3.65. The molecule has 0 amide bonds. The molecular formula is C26H29BrN2O2. The van der Waals surface area contributed by atoms with E-state index in [0.717, 1.165) is 47.7 Å². The van der Waals surface area contributed by atoms with E-state index < -0.39 is 0 Å². The molecule has 1 N–H and O–H groups in total. The van der Waals surface area contributed by atoms with Crippen LogP contribution in [0.1, 0.15) is 29.7 Å². The number of hydrogen-bond donors (Lipinski definition) is 1. The summed E-state index contributed by atoms with van der Waals surface area (Å²) in [7, 11) is 0. The average Bonchev–Trinajstić information content (AvgIpc) is 2.82.